The van der Waals surface area contributed by atoms with E-state index in [0.29, 0.717) is 26.6 Å². The van der Waals surface area contributed by atoms with Gasteiger partial charge in [-0.15, -0.1) is 11.3 Å². The fourth-order valence-corrected chi connectivity index (χ4v) is 3.61. The lowest BCUT2D eigenvalue weighted by Crippen LogP contribution is -1.96. The molecule has 1 N–H and O–H groups in total. The molecule has 0 aliphatic rings. The van der Waals surface area contributed by atoms with E-state index in [2.05, 4.69) is 29.1 Å². The molecule has 0 radical (unpaired) electrons. The van der Waals surface area contributed by atoms with E-state index in [9.17, 15) is 0 Å². The summed E-state index contributed by atoms with van der Waals surface area (Å²) in [7, 11) is 0. The Morgan fingerprint density at radius 2 is 1.71 bits per heavy atom. The third kappa shape index (κ3) is 2.69. The van der Waals surface area contributed by atoms with Crippen LogP contribution >= 0.6 is 46.1 Å². The average molecular weight is 359 g/mol. The lowest BCUT2D eigenvalue weighted by Gasteiger charge is -2.10. The Bertz CT molecular complexity index is 845. The minimum atomic E-state index is 0.419. The number of nitrogens with zero attached hydrogens (tertiary/aromatic N) is 2. The summed E-state index contributed by atoms with van der Waals surface area (Å²) >= 11 is 19.8. The van der Waals surface area contributed by atoms with Crippen molar-refractivity contribution < 1.29 is 0 Å². The van der Waals surface area contributed by atoms with E-state index in [1.807, 2.05) is 0 Å². The number of hydrogen-bond donors (Lipinski definition) is 1. The van der Waals surface area contributed by atoms with E-state index in [1.165, 1.54) is 11.2 Å². The van der Waals surface area contributed by atoms with Gasteiger partial charge in [-0.3, -0.25) is 0 Å². The number of rotatable bonds is 2. The quantitative estimate of drug-likeness (QED) is 0.570. The molecular weight excluding hydrogens is 349 g/mol. The summed E-state index contributed by atoms with van der Waals surface area (Å²) in [6, 6.07) is 3.30. The van der Waals surface area contributed by atoms with Crippen molar-refractivity contribution in [2.24, 2.45) is 0 Å². The van der Waals surface area contributed by atoms with E-state index < -0.39 is 0 Å². The highest BCUT2D eigenvalue weighted by Gasteiger charge is 2.14. The summed E-state index contributed by atoms with van der Waals surface area (Å²) in [5.41, 5.74) is 1.82. The first-order chi connectivity index (χ1) is 9.97. The van der Waals surface area contributed by atoms with Crippen LogP contribution < -0.4 is 5.32 Å². The third-order valence-electron chi connectivity index (χ3n) is 3.23. The molecule has 2 heterocycles. The number of aromatic nitrogens is 2. The Morgan fingerprint density at radius 1 is 1.00 bits per heavy atom. The summed E-state index contributed by atoms with van der Waals surface area (Å²) in [6.07, 6.45) is 1.53. The maximum absolute atomic E-state index is 6.20. The molecule has 7 heteroatoms. The van der Waals surface area contributed by atoms with Crippen LogP contribution in [0.2, 0.25) is 15.1 Å². The summed E-state index contributed by atoms with van der Waals surface area (Å²) in [5, 5.41) is 5.56. The first kappa shape index (κ1) is 14.9. The van der Waals surface area contributed by atoms with Gasteiger partial charge in [-0.1, -0.05) is 34.8 Å². The fourth-order valence-electron chi connectivity index (χ4n) is 2.02. The maximum atomic E-state index is 6.20. The molecule has 0 fully saturated rings. The Hall–Kier alpha value is -1.07. The molecular formula is C14H10Cl3N3S. The molecule has 3 nitrogen and oxygen atoms in total. The topological polar surface area (TPSA) is 37.8 Å². The van der Waals surface area contributed by atoms with Crippen molar-refractivity contribution in [3.63, 3.8) is 0 Å². The summed E-state index contributed by atoms with van der Waals surface area (Å²) in [5.74, 6) is 0.710. The van der Waals surface area contributed by atoms with Gasteiger partial charge in [0, 0.05) is 4.88 Å². The van der Waals surface area contributed by atoms with Gasteiger partial charge >= 0.3 is 0 Å². The molecule has 0 atom stereocenters. The van der Waals surface area contributed by atoms with Crippen LogP contribution in [0.25, 0.3) is 10.2 Å². The first-order valence-electron chi connectivity index (χ1n) is 6.09. The van der Waals surface area contributed by atoms with Crippen molar-refractivity contribution >= 4 is 67.9 Å². The minimum Gasteiger partial charge on any atom is -0.338 e. The molecule has 0 spiro atoms. The van der Waals surface area contributed by atoms with Gasteiger partial charge in [-0.2, -0.15) is 0 Å². The zero-order valence-corrected chi connectivity index (χ0v) is 14.3. The molecule has 0 aliphatic carbocycles. The Kier molecular flexibility index (Phi) is 3.97. The van der Waals surface area contributed by atoms with Gasteiger partial charge in [-0.05, 0) is 31.5 Å². The highest BCUT2D eigenvalue weighted by Crippen LogP contribution is 2.37. The van der Waals surface area contributed by atoms with Crippen LogP contribution in [0.1, 0.15) is 10.4 Å². The standard InChI is InChI=1S/C14H10Cl3N3S/c1-6-7(2)21-14-12(6)13(18-5-19-14)20-11-4-9(16)8(15)3-10(11)17/h3-5H,1-2H3,(H,18,19,20). The summed E-state index contributed by atoms with van der Waals surface area (Å²) in [6.45, 7) is 4.12. The fraction of sp³-hybridized carbons (Fsp3) is 0.143. The van der Waals surface area contributed by atoms with Gasteiger partial charge in [-0.25, -0.2) is 9.97 Å². The second-order valence-corrected chi connectivity index (χ2v) is 6.98. The molecule has 0 saturated heterocycles. The van der Waals surface area contributed by atoms with Crippen LogP contribution in [-0.2, 0) is 0 Å². The van der Waals surface area contributed by atoms with Gasteiger partial charge < -0.3 is 5.32 Å². The molecule has 0 bridgehead atoms. The van der Waals surface area contributed by atoms with Crippen molar-refractivity contribution in [2.45, 2.75) is 13.8 Å². The Morgan fingerprint density at radius 3 is 2.48 bits per heavy atom. The molecule has 0 amide bonds. The highest BCUT2D eigenvalue weighted by atomic mass is 35.5. The number of benzene rings is 1. The van der Waals surface area contributed by atoms with Crippen LogP contribution in [-0.4, -0.2) is 9.97 Å². The van der Waals surface area contributed by atoms with Crippen molar-refractivity contribution in [2.75, 3.05) is 5.32 Å². The van der Waals surface area contributed by atoms with Crippen LogP contribution in [0, 0.1) is 13.8 Å². The SMILES string of the molecule is Cc1sc2ncnc(Nc3cc(Cl)c(Cl)cc3Cl)c2c1C. The van der Waals surface area contributed by atoms with Gasteiger partial charge in [0.2, 0.25) is 0 Å². The van der Waals surface area contributed by atoms with Crippen molar-refractivity contribution in [3.05, 3.63) is 44.0 Å². The molecule has 108 valence electrons. The van der Waals surface area contributed by atoms with Crippen LogP contribution in [0.15, 0.2) is 18.5 Å². The van der Waals surface area contributed by atoms with Gasteiger partial charge in [0.15, 0.2) is 0 Å². The average Bonchev–Trinajstić information content (AvgIpc) is 2.72. The van der Waals surface area contributed by atoms with Crippen LogP contribution in [0.3, 0.4) is 0 Å². The minimum absolute atomic E-state index is 0.419. The second-order valence-electron chi connectivity index (χ2n) is 4.56. The lowest BCUT2D eigenvalue weighted by atomic mass is 10.2. The first-order valence-corrected chi connectivity index (χ1v) is 8.04. The number of halogens is 3. The summed E-state index contributed by atoms with van der Waals surface area (Å²) < 4.78 is 0. The predicted octanol–water partition coefficient (Wildman–Crippen LogP) is 6.01. The molecule has 1 aromatic carbocycles. The van der Waals surface area contributed by atoms with Crippen LogP contribution in [0.4, 0.5) is 11.5 Å². The van der Waals surface area contributed by atoms with Crippen molar-refractivity contribution in [1.29, 1.82) is 0 Å². The summed E-state index contributed by atoms with van der Waals surface area (Å²) in [4.78, 5) is 10.8. The molecule has 3 aromatic rings. The zero-order valence-electron chi connectivity index (χ0n) is 11.2. The van der Waals surface area contributed by atoms with Gasteiger partial charge in [0.05, 0.1) is 26.1 Å². The van der Waals surface area contributed by atoms with Crippen molar-refractivity contribution in [1.82, 2.24) is 9.97 Å². The predicted molar refractivity (Wildman–Crippen MR) is 91.6 cm³/mol. The maximum Gasteiger partial charge on any atom is 0.142 e. The smallest absolute Gasteiger partial charge is 0.142 e. The molecule has 2 aromatic heterocycles. The molecule has 0 saturated carbocycles. The normalized spacial score (nSPS) is 11.1. The number of hydrogen-bond acceptors (Lipinski definition) is 4. The molecule has 3 rings (SSSR count). The Labute approximate surface area is 140 Å². The second kappa shape index (κ2) is 5.61. The largest absolute Gasteiger partial charge is 0.338 e. The number of nitrogens with one attached hydrogen (secondary N) is 1. The van der Waals surface area contributed by atoms with Crippen LogP contribution in [0.5, 0.6) is 0 Å². The van der Waals surface area contributed by atoms with E-state index in [1.54, 1.807) is 23.5 Å². The molecule has 21 heavy (non-hydrogen) atoms. The Balaban J connectivity index is 2.12. The van der Waals surface area contributed by atoms with E-state index in [4.69, 9.17) is 34.8 Å². The van der Waals surface area contributed by atoms with Gasteiger partial charge in [0.25, 0.3) is 0 Å². The number of anilines is 2. The lowest BCUT2D eigenvalue weighted by molar-refractivity contribution is 1.22. The monoisotopic (exact) mass is 357 g/mol. The van der Waals surface area contributed by atoms with E-state index >= 15 is 0 Å². The van der Waals surface area contributed by atoms with Crippen molar-refractivity contribution in [3.8, 4) is 0 Å². The van der Waals surface area contributed by atoms with E-state index in [0.717, 1.165) is 15.8 Å². The van der Waals surface area contributed by atoms with E-state index in [-0.39, 0.29) is 0 Å². The molecule has 0 unspecified atom stereocenters. The number of aryl methyl sites for hydroxylation is 2. The van der Waals surface area contributed by atoms with Gasteiger partial charge in [0.1, 0.15) is 17.0 Å². The number of thiophene rings is 1. The highest BCUT2D eigenvalue weighted by molar-refractivity contribution is 7.18. The third-order valence-corrected chi connectivity index (χ3v) is 5.38. The number of fused-ring (bicyclic) bond motifs is 1. The molecule has 0 aliphatic heterocycles. The zero-order chi connectivity index (χ0) is 15.1.